The van der Waals surface area contributed by atoms with Crippen molar-refractivity contribution >= 4 is 6.03 Å². The molecule has 0 unspecified atom stereocenters. The summed E-state index contributed by atoms with van der Waals surface area (Å²) in [7, 11) is 1.93. The van der Waals surface area contributed by atoms with Crippen LogP contribution < -0.4 is 10.6 Å². The zero-order valence-corrected chi connectivity index (χ0v) is 16.9. The summed E-state index contributed by atoms with van der Waals surface area (Å²) in [4.78, 5) is 14.9. The van der Waals surface area contributed by atoms with Gasteiger partial charge in [0.15, 0.2) is 0 Å². The number of carbonyl (C=O) groups excluding carboxylic acids is 1. The van der Waals surface area contributed by atoms with Crippen molar-refractivity contribution in [3.63, 3.8) is 0 Å². The molecule has 0 aromatic carbocycles. The first-order valence-electron chi connectivity index (χ1n) is 9.41. The van der Waals surface area contributed by atoms with Crippen LogP contribution >= 0.6 is 0 Å². The highest BCUT2D eigenvalue weighted by Gasteiger charge is 2.30. The molecule has 25 heavy (non-hydrogen) atoms. The van der Waals surface area contributed by atoms with E-state index < -0.39 is 0 Å². The number of nitrogens with zero attached hydrogens (tertiary/aromatic N) is 3. The van der Waals surface area contributed by atoms with Crippen LogP contribution in [0.15, 0.2) is 0 Å². The van der Waals surface area contributed by atoms with Crippen molar-refractivity contribution in [3.8, 4) is 0 Å². The second kappa shape index (κ2) is 7.77. The topological polar surface area (TPSA) is 62.2 Å². The molecule has 2 rings (SSSR count). The van der Waals surface area contributed by atoms with Gasteiger partial charge in [-0.3, -0.25) is 9.58 Å². The molecular formula is C19H35N5O. The van der Waals surface area contributed by atoms with Crippen LogP contribution in [0.1, 0.15) is 63.5 Å². The molecule has 1 aliphatic rings. The number of piperidine rings is 1. The number of carbonyl (C=O) groups is 1. The van der Waals surface area contributed by atoms with Crippen molar-refractivity contribution in [1.82, 2.24) is 25.3 Å². The van der Waals surface area contributed by atoms with Crippen LogP contribution in [-0.2, 0) is 7.05 Å². The Kier molecular flexibility index (Phi) is 6.14. The molecule has 6 heteroatoms. The fourth-order valence-corrected chi connectivity index (χ4v) is 3.88. The molecule has 2 amide bonds. The molecule has 0 bridgehead atoms. The van der Waals surface area contributed by atoms with Crippen LogP contribution in [0.5, 0.6) is 0 Å². The first kappa shape index (κ1) is 19.8. The lowest BCUT2D eigenvalue weighted by molar-refractivity contribution is 0.0723. The van der Waals surface area contributed by atoms with Gasteiger partial charge in [0.2, 0.25) is 0 Å². The van der Waals surface area contributed by atoms with Gasteiger partial charge in [-0.2, -0.15) is 5.10 Å². The minimum atomic E-state index is -0.117. The van der Waals surface area contributed by atoms with E-state index in [0.717, 1.165) is 36.0 Å². The fourth-order valence-electron chi connectivity index (χ4n) is 3.88. The van der Waals surface area contributed by atoms with E-state index in [-0.39, 0.29) is 17.6 Å². The monoisotopic (exact) mass is 349 g/mol. The Morgan fingerprint density at radius 3 is 2.64 bits per heavy atom. The molecule has 2 atom stereocenters. The number of amides is 2. The van der Waals surface area contributed by atoms with E-state index in [0.29, 0.717) is 6.54 Å². The summed E-state index contributed by atoms with van der Waals surface area (Å²) >= 11 is 0. The number of aromatic nitrogens is 2. The predicted molar refractivity (Wildman–Crippen MR) is 102 cm³/mol. The number of hydrogen-bond acceptors (Lipinski definition) is 3. The summed E-state index contributed by atoms with van der Waals surface area (Å²) in [6, 6.07) is -0.180. The molecule has 1 aromatic heterocycles. The Labute approximate surface area is 152 Å². The van der Waals surface area contributed by atoms with Gasteiger partial charge in [0.25, 0.3) is 0 Å². The number of aryl methyl sites for hydroxylation is 2. The summed E-state index contributed by atoms with van der Waals surface area (Å²) in [6.45, 7) is 15.6. The first-order chi connectivity index (χ1) is 11.6. The van der Waals surface area contributed by atoms with E-state index in [4.69, 9.17) is 0 Å². The van der Waals surface area contributed by atoms with Gasteiger partial charge >= 0.3 is 6.03 Å². The summed E-state index contributed by atoms with van der Waals surface area (Å²) in [5.41, 5.74) is 3.13. The van der Waals surface area contributed by atoms with Crippen molar-refractivity contribution in [2.75, 3.05) is 19.6 Å². The second-order valence-electron chi connectivity index (χ2n) is 8.26. The highest BCUT2D eigenvalue weighted by atomic mass is 16.2. The van der Waals surface area contributed by atoms with Crippen LogP contribution in [-0.4, -0.2) is 45.9 Å². The largest absolute Gasteiger partial charge is 0.336 e. The van der Waals surface area contributed by atoms with Crippen molar-refractivity contribution in [2.45, 2.75) is 66.0 Å². The smallest absolute Gasteiger partial charge is 0.315 e. The van der Waals surface area contributed by atoms with Gasteiger partial charge in [0.05, 0.1) is 11.7 Å². The quantitative estimate of drug-likeness (QED) is 0.859. The first-order valence-corrected chi connectivity index (χ1v) is 9.41. The third kappa shape index (κ3) is 4.75. The third-order valence-electron chi connectivity index (χ3n) is 5.54. The Morgan fingerprint density at radius 2 is 2.08 bits per heavy atom. The van der Waals surface area contributed by atoms with Crippen LogP contribution in [0.4, 0.5) is 4.79 Å². The summed E-state index contributed by atoms with van der Waals surface area (Å²) < 4.78 is 1.86. The summed E-state index contributed by atoms with van der Waals surface area (Å²) in [5.74, 6) is 0.735. The van der Waals surface area contributed by atoms with Gasteiger partial charge in [-0.15, -0.1) is 0 Å². The van der Waals surface area contributed by atoms with Gasteiger partial charge in [0.1, 0.15) is 0 Å². The predicted octanol–water partition coefficient (Wildman–Crippen LogP) is 2.91. The average Bonchev–Trinajstić information content (AvgIpc) is 2.78. The molecule has 0 spiro atoms. The maximum Gasteiger partial charge on any atom is 0.315 e. The average molecular weight is 350 g/mol. The molecule has 0 saturated carbocycles. The number of urea groups is 1. The summed E-state index contributed by atoms with van der Waals surface area (Å²) in [5, 5.41) is 10.5. The van der Waals surface area contributed by atoms with Gasteiger partial charge in [-0.1, -0.05) is 6.92 Å². The van der Waals surface area contributed by atoms with E-state index in [2.05, 4.69) is 41.4 Å². The number of hydrogen-bond donors (Lipinski definition) is 2. The summed E-state index contributed by atoms with van der Waals surface area (Å²) in [6.07, 6.45) is 2.55. The Bertz CT molecular complexity index is 607. The molecule has 1 aromatic rings. The maximum absolute atomic E-state index is 12.4. The van der Waals surface area contributed by atoms with E-state index in [1.165, 1.54) is 12.8 Å². The molecule has 1 saturated heterocycles. The zero-order chi connectivity index (χ0) is 18.8. The minimum Gasteiger partial charge on any atom is -0.336 e. The van der Waals surface area contributed by atoms with E-state index in [9.17, 15) is 4.79 Å². The van der Waals surface area contributed by atoms with Gasteiger partial charge in [-0.05, 0) is 59.9 Å². The van der Waals surface area contributed by atoms with E-state index >= 15 is 0 Å². The number of likely N-dealkylation sites (tertiary alicyclic amines) is 1. The van der Waals surface area contributed by atoms with Crippen LogP contribution in [0.3, 0.4) is 0 Å². The minimum absolute atomic E-state index is 0.0323. The molecule has 6 nitrogen and oxygen atoms in total. The van der Waals surface area contributed by atoms with Gasteiger partial charge in [-0.25, -0.2) is 4.79 Å². The van der Waals surface area contributed by atoms with Crippen LogP contribution in [0.2, 0.25) is 0 Å². The highest BCUT2D eigenvalue weighted by molar-refractivity contribution is 5.74. The lowest BCUT2D eigenvalue weighted by Gasteiger charge is -2.43. The molecule has 2 heterocycles. The zero-order valence-electron chi connectivity index (χ0n) is 16.9. The lowest BCUT2D eigenvalue weighted by atomic mass is 9.93. The van der Waals surface area contributed by atoms with E-state index in [1.54, 1.807) is 0 Å². The van der Waals surface area contributed by atoms with Gasteiger partial charge in [0, 0.05) is 36.9 Å². The Balaban J connectivity index is 1.89. The fraction of sp³-hybridized carbons (Fsp3) is 0.789. The molecule has 1 aliphatic heterocycles. The highest BCUT2D eigenvalue weighted by Crippen LogP contribution is 2.23. The van der Waals surface area contributed by atoms with Crippen LogP contribution in [0, 0.1) is 19.8 Å². The Morgan fingerprint density at radius 1 is 1.40 bits per heavy atom. The van der Waals surface area contributed by atoms with Gasteiger partial charge < -0.3 is 10.6 Å². The molecular weight excluding hydrogens is 314 g/mol. The molecule has 2 N–H and O–H groups in total. The van der Waals surface area contributed by atoms with Crippen molar-refractivity contribution < 1.29 is 4.79 Å². The number of nitrogens with one attached hydrogen (secondary N) is 2. The van der Waals surface area contributed by atoms with E-state index in [1.807, 2.05) is 32.5 Å². The SMILES string of the molecule is Cc1nn(C)c(C)c1[C@@H](C)NC(=O)NCC(C)(C)N1CCC[C@@H](C)C1. The van der Waals surface area contributed by atoms with Crippen molar-refractivity contribution in [3.05, 3.63) is 17.0 Å². The molecule has 142 valence electrons. The second-order valence-corrected chi connectivity index (χ2v) is 8.26. The molecule has 0 aliphatic carbocycles. The van der Waals surface area contributed by atoms with Crippen molar-refractivity contribution in [2.24, 2.45) is 13.0 Å². The molecule has 0 radical (unpaired) electrons. The Hall–Kier alpha value is -1.56. The normalized spacial score (nSPS) is 20.4. The van der Waals surface area contributed by atoms with Crippen molar-refractivity contribution in [1.29, 1.82) is 0 Å². The maximum atomic E-state index is 12.4. The third-order valence-corrected chi connectivity index (χ3v) is 5.54. The lowest BCUT2D eigenvalue weighted by Crippen LogP contribution is -2.55. The number of rotatable bonds is 5. The van der Waals surface area contributed by atoms with Crippen LogP contribution in [0.25, 0.3) is 0 Å². The standard InChI is InChI=1S/C19H35N5O/c1-13-9-8-10-24(11-13)19(5,6)12-20-18(25)21-14(2)17-15(3)22-23(7)16(17)4/h13-14H,8-12H2,1-7H3,(H2,20,21,25)/t13-,14-/m1/s1. The molecule has 1 fully saturated rings.